The fraction of sp³-hybridized carbons (Fsp3) is 0.333. The molecule has 0 saturated heterocycles. The molecule has 1 aromatic carbocycles. The van der Waals surface area contributed by atoms with Crippen molar-refractivity contribution in [2.75, 3.05) is 5.32 Å². The molecule has 0 spiro atoms. The molecule has 2 heterocycles. The van der Waals surface area contributed by atoms with E-state index in [0.29, 0.717) is 23.2 Å². The number of aromatic nitrogens is 2. The Hall–Kier alpha value is -2.19. The van der Waals surface area contributed by atoms with Gasteiger partial charge in [0.15, 0.2) is 9.84 Å². The molecule has 1 aliphatic carbocycles. The zero-order valence-electron chi connectivity index (χ0n) is 14.1. The maximum absolute atomic E-state index is 12.7. The number of hydrogen-bond acceptors (Lipinski definition) is 7. The second-order valence-electron chi connectivity index (χ2n) is 6.36. The number of thiophene rings is 1. The molecule has 136 valence electrons. The van der Waals surface area contributed by atoms with E-state index in [-0.39, 0.29) is 5.25 Å². The Morgan fingerprint density at radius 2 is 2.08 bits per heavy atom. The Bertz CT molecular complexity index is 975. The summed E-state index contributed by atoms with van der Waals surface area (Å²) in [5.41, 5.74) is 1.65. The van der Waals surface area contributed by atoms with Crippen LogP contribution >= 0.6 is 11.3 Å². The Morgan fingerprint density at radius 1 is 1.23 bits per heavy atom. The first-order valence-electron chi connectivity index (χ1n) is 8.56. The van der Waals surface area contributed by atoms with Gasteiger partial charge < -0.3 is 9.84 Å². The molecule has 1 N–H and O–H groups in total. The Labute approximate surface area is 156 Å². The highest BCUT2D eigenvalue weighted by Gasteiger charge is 2.30. The third kappa shape index (κ3) is 3.52. The SMILES string of the molecule is O=S(=O)(c1cccc(NCc2nc(-c3ccsc3)no2)c1)C1CCCC1. The number of anilines is 1. The summed E-state index contributed by atoms with van der Waals surface area (Å²) in [5.74, 6) is 1.01. The van der Waals surface area contributed by atoms with E-state index in [0.717, 1.165) is 36.9 Å². The number of sulfone groups is 1. The summed E-state index contributed by atoms with van der Waals surface area (Å²) in [4.78, 5) is 4.72. The lowest BCUT2D eigenvalue weighted by Crippen LogP contribution is -2.17. The van der Waals surface area contributed by atoms with Crippen molar-refractivity contribution in [1.82, 2.24) is 10.1 Å². The van der Waals surface area contributed by atoms with Gasteiger partial charge in [-0.25, -0.2) is 8.42 Å². The molecule has 1 aliphatic rings. The van der Waals surface area contributed by atoms with Crippen LogP contribution in [-0.4, -0.2) is 23.8 Å². The predicted octanol–water partition coefficient (Wildman–Crippen LogP) is 4.13. The van der Waals surface area contributed by atoms with Crippen LogP contribution in [0.2, 0.25) is 0 Å². The minimum absolute atomic E-state index is 0.248. The average molecular weight is 390 g/mol. The minimum atomic E-state index is -3.26. The van der Waals surface area contributed by atoms with Crippen LogP contribution in [0.5, 0.6) is 0 Å². The Balaban J connectivity index is 1.46. The monoisotopic (exact) mass is 389 g/mol. The van der Waals surface area contributed by atoms with E-state index in [2.05, 4.69) is 15.5 Å². The summed E-state index contributed by atoms with van der Waals surface area (Å²) < 4.78 is 30.7. The summed E-state index contributed by atoms with van der Waals surface area (Å²) in [7, 11) is -3.26. The summed E-state index contributed by atoms with van der Waals surface area (Å²) in [6.07, 6.45) is 3.50. The second-order valence-corrected chi connectivity index (χ2v) is 9.36. The topological polar surface area (TPSA) is 85.1 Å². The molecule has 4 rings (SSSR count). The van der Waals surface area contributed by atoms with E-state index in [1.807, 2.05) is 22.9 Å². The molecule has 0 amide bonds. The molecule has 1 saturated carbocycles. The first-order chi connectivity index (χ1) is 12.6. The number of nitrogens with one attached hydrogen (secondary N) is 1. The van der Waals surface area contributed by atoms with Gasteiger partial charge in [-0.3, -0.25) is 0 Å². The first kappa shape index (κ1) is 17.2. The van der Waals surface area contributed by atoms with Gasteiger partial charge in [0.2, 0.25) is 11.7 Å². The first-order valence-corrected chi connectivity index (χ1v) is 11.0. The number of rotatable bonds is 6. The van der Waals surface area contributed by atoms with Crippen LogP contribution in [0.4, 0.5) is 5.69 Å². The van der Waals surface area contributed by atoms with Crippen molar-refractivity contribution in [3.05, 3.63) is 47.0 Å². The van der Waals surface area contributed by atoms with E-state index >= 15 is 0 Å². The molecule has 3 aromatic rings. The fourth-order valence-corrected chi connectivity index (χ4v) is 5.72. The maximum atomic E-state index is 12.7. The molecule has 1 fully saturated rings. The number of benzene rings is 1. The largest absolute Gasteiger partial charge is 0.376 e. The zero-order valence-corrected chi connectivity index (χ0v) is 15.7. The quantitative estimate of drug-likeness (QED) is 0.682. The molecule has 0 aliphatic heterocycles. The molecule has 6 nitrogen and oxygen atoms in total. The van der Waals surface area contributed by atoms with Crippen LogP contribution < -0.4 is 5.32 Å². The average Bonchev–Trinajstić information content (AvgIpc) is 3.42. The van der Waals surface area contributed by atoms with E-state index in [1.165, 1.54) is 0 Å². The maximum Gasteiger partial charge on any atom is 0.246 e. The summed E-state index contributed by atoms with van der Waals surface area (Å²) in [6.45, 7) is 0.337. The molecule has 26 heavy (non-hydrogen) atoms. The van der Waals surface area contributed by atoms with E-state index in [9.17, 15) is 8.42 Å². The van der Waals surface area contributed by atoms with Crippen LogP contribution in [0, 0.1) is 0 Å². The van der Waals surface area contributed by atoms with Crippen LogP contribution in [0.15, 0.2) is 50.5 Å². The van der Waals surface area contributed by atoms with Crippen LogP contribution in [0.25, 0.3) is 11.4 Å². The highest BCUT2D eigenvalue weighted by Crippen LogP contribution is 2.30. The Kier molecular flexibility index (Phi) is 4.78. The molecule has 0 bridgehead atoms. The van der Waals surface area contributed by atoms with Gasteiger partial charge in [0.05, 0.1) is 16.7 Å². The molecule has 2 aromatic heterocycles. The van der Waals surface area contributed by atoms with Gasteiger partial charge in [0.1, 0.15) is 0 Å². The fourth-order valence-electron chi connectivity index (χ4n) is 3.19. The lowest BCUT2D eigenvalue weighted by atomic mass is 10.3. The Morgan fingerprint density at radius 3 is 2.85 bits per heavy atom. The van der Waals surface area contributed by atoms with Crippen molar-refractivity contribution in [3.63, 3.8) is 0 Å². The van der Waals surface area contributed by atoms with E-state index < -0.39 is 9.84 Å². The van der Waals surface area contributed by atoms with Gasteiger partial charge >= 0.3 is 0 Å². The van der Waals surface area contributed by atoms with E-state index in [1.54, 1.807) is 29.5 Å². The highest BCUT2D eigenvalue weighted by atomic mass is 32.2. The van der Waals surface area contributed by atoms with Crippen molar-refractivity contribution in [2.24, 2.45) is 0 Å². The van der Waals surface area contributed by atoms with Crippen LogP contribution in [0.1, 0.15) is 31.6 Å². The highest BCUT2D eigenvalue weighted by molar-refractivity contribution is 7.92. The summed E-state index contributed by atoms with van der Waals surface area (Å²) >= 11 is 1.57. The molecule has 8 heteroatoms. The van der Waals surface area contributed by atoms with E-state index in [4.69, 9.17) is 4.52 Å². The normalized spacial score (nSPS) is 15.4. The van der Waals surface area contributed by atoms with Crippen molar-refractivity contribution in [2.45, 2.75) is 42.4 Å². The molecule has 0 unspecified atom stereocenters. The van der Waals surface area contributed by atoms with Crippen molar-refractivity contribution in [1.29, 1.82) is 0 Å². The number of hydrogen-bond donors (Lipinski definition) is 1. The third-order valence-electron chi connectivity index (χ3n) is 4.59. The van der Waals surface area contributed by atoms with Crippen LogP contribution in [-0.2, 0) is 16.4 Å². The molecular formula is C18H19N3O3S2. The van der Waals surface area contributed by atoms with Gasteiger partial charge in [0, 0.05) is 16.6 Å². The van der Waals surface area contributed by atoms with Gasteiger partial charge in [-0.05, 0) is 42.5 Å². The van der Waals surface area contributed by atoms with Gasteiger partial charge in [0.25, 0.3) is 0 Å². The molecule has 0 radical (unpaired) electrons. The zero-order chi connectivity index (χ0) is 18.0. The van der Waals surface area contributed by atoms with Crippen molar-refractivity contribution >= 4 is 26.9 Å². The van der Waals surface area contributed by atoms with Crippen LogP contribution in [0.3, 0.4) is 0 Å². The van der Waals surface area contributed by atoms with Gasteiger partial charge in [-0.2, -0.15) is 16.3 Å². The number of nitrogens with zero attached hydrogens (tertiary/aromatic N) is 2. The standard InChI is InChI=1S/C18H19N3O3S2/c22-26(23,15-5-1-2-6-15)16-7-3-4-14(10-16)19-11-17-20-18(21-24-17)13-8-9-25-12-13/h3-4,7-10,12,15,19H,1-2,5-6,11H2. The second kappa shape index (κ2) is 7.20. The van der Waals surface area contributed by atoms with Crippen molar-refractivity contribution < 1.29 is 12.9 Å². The van der Waals surface area contributed by atoms with Crippen molar-refractivity contribution in [3.8, 4) is 11.4 Å². The summed E-state index contributed by atoms with van der Waals surface area (Å²) in [5, 5.41) is 10.8. The predicted molar refractivity (Wildman–Crippen MR) is 101 cm³/mol. The molecule has 0 atom stereocenters. The smallest absolute Gasteiger partial charge is 0.246 e. The lowest BCUT2D eigenvalue weighted by Gasteiger charge is -2.12. The van der Waals surface area contributed by atoms with Gasteiger partial charge in [-0.15, -0.1) is 0 Å². The molecular weight excluding hydrogens is 370 g/mol. The third-order valence-corrected chi connectivity index (χ3v) is 7.54. The lowest BCUT2D eigenvalue weighted by molar-refractivity contribution is 0.384. The minimum Gasteiger partial charge on any atom is -0.376 e. The summed E-state index contributed by atoms with van der Waals surface area (Å²) in [6, 6.07) is 8.88. The van der Waals surface area contributed by atoms with Gasteiger partial charge in [-0.1, -0.05) is 24.1 Å².